The lowest BCUT2D eigenvalue weighted by molar-refractivity contribution is 0.394. The molecule has 0 radical (unpaired) electrons. The first-order valence-electron chi connectivity index (χ1n) is 6.17. The molecule has 1 fully saturated rings. The number of anilines is 1. The van der Waals surface area contributed by atoms with Crippen molar-refractivity contribution in [1.82, 2.24) is 4.98 Å². The van der Waals surface area contributed by atoms with E-state index in [9.17, 15) is 0 Å². The molecule has 2 N–H and O–H groups in total. The molecule has 0 saturated carbocycles. The van der Waals surface area contributed by atoms with Crippen LogP contribution < -0.4 is 10.6 Å². The molecule has 1 aromatic heterocycles. The third kappa shape index (κ3) is 2.73. The van der Waals surface area contributed by atoms with Crippen molar-refractivity contribution in [2.24, 2.45) is 11.7 Å². The molecule has 1 atom stereocenters. The molecule has 3 heteroatoms. The van der Waals surface area contributed by atoms with Crippen LogP contribution in [0.5, 0.6) is 0 Å². The van der Waals surface area contributed by atoms with Crippen LogP contribution in [0.3, 0.4) is 0 Å². The number of nitrogens with zero attached hydrogens (tertiary/aromatic N) is 2. The molecule has 2 heterocycles. The van der Waals surface area contributed by atoms with Gasteiger partial charge >= 0.3 is 0 Å². The molecule has 0 bridgehead atoms. The van der Waals surface area contributed by atoms with Crippen LogP contribution in [0.4, 0.5) is 5.82 Å². The van der Waals surface area contributed by atoms with Gasteiger partial charge in [0.1, 0.15) is 5.82 Å². The highest BCUT2D eigenvalue weighted by Crippen LogP contribution is 2.23. The van der Waals surface area contributed by atoms with Gasteiger partial charge in [-0.15, -0.1) is 0 Å². The van der Waals surface area contributed by atoms with E-state index in [4.69, 9.17) is 5.73 Å². The van der Waals surface area contributed by atoms with Crippen LogP contribution in [0.15, 0.2) is 18.3 Å². The number of aryl methyl sites for hydroxylation is 1. The lowest BCUT2D eigenvalue weighted by atomic mass is 9.95. The maximum atomic E-state index is 5.63. The number of pyridine rings is 1. The van der Waals surface area contributed by atoms with Crippen LogP contribution in [-0.2, 0) is 0 Å². The minimum absolute atomic E-state index is 0.752. The zero-order valence-corrected chi connectivity index (χ0v) is 10.0. The molecule has 2 rings (SSSR count). The molecule has 0 amide bonds. The van der Waals surface area contributed by atoms with E-state index >= 15 is 0 Å². The van der Waals surface area contributed by atoms with Gasteiger partial charge in [-0.2, -0.15) is 0 Å². The van der Waals surface area contributed by atoms with E-state index in [0.29, 0.717) is 0 Å². The second kappa shape index (κ2) is 5.30. The first-order valence-corrected chi connectivity index (χ1v) is 6.17. The Balaban J connectivity index is 2.01. The molecule has 1 aliphatic heterocycles. The monoisotopic (exact) mass is 219 g/mol. The van der Waals surface area contributed by atoms with Crippen LogP contribution in [0.25, 0.3) is 0 Å². The second-order valence-corrected chi connectivity index (χ2v) is 4.73. The topological polar surface area (TPSA) is 42.1 Å². The van der Waals surface area contributed by atoms with Crippen LogP contribution in [0, 0.1) is 12.8 Å². The number of hydrogen-bond acceptors (Lipinski definition) is 3. The van der Waals surface area contributed by atoms with Crippen molar-refractivity contribution in [2.45, 2.75) is 26.2 Å². The highest BCUT2D eigenvalue weighted by Gasteiger charge is 2.19. The summed E-state index contributed by atoms with van der Waals surface area (Å²) in [7, 11) is 0. The summed E-state index contributed by atoms with van der Waals surface area (Å²) in [6.45, 7) is 5.13. The van der Waals surface area contributed by atoms with Gasteiger partial charge in [-0.1, -0.05) is 6.07 Å². The second-order valence-electron chi connectivity index (χ2n) is 4.73. The van der Waals surface area contributed by atoms with E-state index < -0.39 is 0 Å². The van der Waals surface area contributed by atoms with E-state index in [1.807, 2.05) is 6.20 Å². The molecule has 88 valence electrons. The van der Waals surface area contributed by atoms with E-state index in [0.717, 1.165) is 37.8 Å². The summed E-state index contributed by atoms with van der Waals surface area (Å²) in [5, 5.41) is 0. The van der Waals surface area contributed by atoms with Gasteiger partial charge in [0.15, 0.2) is 0 Å². The Hall–Kier alpha value is -1.09. The van der Waals surface area contributed by atoms with Gasteiger partial charge in [0, 0.05) is 19.3 Å². The normalized spacial score (nSPS) is 21.1. The zero-order chi connectivity index (χ0) is 11.4. The predicted octanol–water partition coefficient (Wildman–Crippen LogP) is 1.96. The third-order valence-electron chi connectivity index (χ3n) is 3.31. The van der Waals surface area contributed by atoms with Crippen molar-refractivity contribution < 1.29 is 0 Å². The summed E-state index contributed by atoms with van der Waals surface area (Å²) < 4.78 is 0. The molecule has 3 nitrogen and oxygen atoms in total. The van der Waals surface area contributed by atoms with Crippen LogP contribution in [-0.4, -0.2) is 24.6 Å². The molecule has 1 aliphatic rings. The summed E-state index contributed by atoms with van der Waals surface area (Å²) in [5.74, 6) is 1.87. The van der Waals surface area contributed by atoms with Crippen molar-refractivity contribution in [2.75, 3.05) is 24.5 Å². The number of rotatable bonds is 3. The zero-order valence-electron chi connectivity index (χ0n) is 10.0. The Labute approximate surface area is 97.7 Å². The van der Waals surface area contributed by atoms with Gasteiger partial charge in [0.25, 0.3) is 0 Å². The van der Waals surface area contributed by atoms with Crippen molar-refractivity contribution >= 4 is 5.82 Å². The number of nitrogens with two attached hydrogens (primary N) is 1. The Kier molecular flexibility index (Phi) is 3.78. The highest BCUT2D eigenvalue weighted by molar-refractivity contribution is 5.39. The molecular formula is C13H21N3. The Morgan fingerprint density at radius 1 is 1.50 bits per heavy atom. The Morgan fingerprint density at radius 3 is 3.06 bits per heavy atom. The number of hydrogen-bond donors (Lipinski definition) is 1. The molecule has 0 spiro atoms. The maximum Gasteiger partial charge on any atom is 0.128 e. The van der Waals surface area contributed by atoms with Gasteiger partial charge in [-0.25, -0.2) is 4.98 Å². The van der Waals surface area contributed by atoms with Crippen molar-refractivity contribution in [3.63, 3.8) is 0 Å². The van der Waals surface area contributed by atoms with E-state index in [1.165, 1.54) is 18.4 Å². The molecule has 0 aromatic carbocycles. The fourth-order valence-corrected chi connectivity index (χ4v) is 2.39. The van der Waals surface area contributed by atoms with Gasteiger partial charge < -0.3 is 10.6 Å². The Bertz CT molecular complexity index is 318. The average molecular weight is 219 g/mol. The lowest BCUT2D eigenvalue weighted by Crippen LogP contribution is -2.36. The Morgan fingerprint density at radius 2 is 2.38 bits per heavy atom. The van der Waals surface area contributed by atoms with Gasteiger partial charge in [-0.05, 0) is 50.3 Å². The summed E-state index contributed by atoms with van der Waals surface area (Å²) in [6.07, 6.45) is 5.67. The largest absolute Gasteiger partial charge is 0.356 e. The van der Waals surface area contributed by atoms with Crippen LogP contribution in [0.1, 0.15) is 24.8 Å². The molecule has 16 heavy (non-hydrogen) atoms. The number of piperidine rings is 1. The standard InChI is InChI=1S/C13H21N3/c1-11-4-5-13(15-9-11)16-8-2-3-12(10-16)6-7-14/h4-5,9,12H,2-3,6-8,10,14H2,1H3. The lowest BCUT2D eigenvalue weighted by Gasteiger charge is -2.33. The van der Waals surface area contributed by atoms with Gasteiger partial charge in [0.2, 0.25) is 0 Å². The molecule has 1 saturated heterocycles. The van der Waals surface area contributed by atoms with E-state index in [2.05, 4.69) is 28.9 Å². The average Bonchev–Trinajstić information content (AvgIpc) is 2.31. The first-order chi connectivity index (χ1) is 7.79. The van der Waals surface area contributed by atoms with Crippen molar-refractivity contribution in [3.8, 4) is 0 Å². The summed E-state index contributed by atoms with van der Waals surface area (Å²) in [4.78, 5) is 6.88. The smallest absolute Gasteiger partial charge is 0.128 e. The molecule has 1 aromatic rings. The highest BCUT2D eigenvalue weighted by atomic mass is 15.2. The minimum Gasteiger partial charge on any atom is -0.356 e. The van der Waals surface area contributed by atoms with Gasteiger partial charge in [0.05, 0.1) is 0 Å². The van der Waals surface area contributed by atoms with Crippen LogP contribution in [0.2, 0.25) is 0 Å². The van der Waals surface area contributed by atoms with Crippen molar-refractivity contribution in [3.05, 3.63) is 23.9 Å². The van der Waals surface area contributed by atoms with E-state index in [1.54, 1.807) is 0 Å². The fourth-order valence-electron chi connectivity index (χ4n) is 2.39. The fraction of sp³-hybridized carbons (Fsp3) is 0.615. The summed E-state index contributed by atoms with van der Waals surface area (Å²) in [5.41, 5.74) is 6.85. The first kappa shape index (κ1) is 11.4. The summed E-state index contributed by atoms with van der Waals surface area (Å²) >= 11 is 0. The van der Waals surface area contributed by atoms with Crippen molar-refractivity contribution in [1.29, 1.82) is 0 Å². The quantitative estimate of drug-likeness (QED) is 0.845. The third-order valence-corrected chi connectivity index (χ3v) is 3.31. The van der Waals surface area contributed by atoms with Gasteiger partial charge in [-0.3, -0.25) is 0 Å². The molecule has 0 aliphatic carbocycles. The SMILES string of the molecule is Cc1ccc(N2CCCC(CCN)C2)nc1. The molecular weight excluding hydrogens is 198 g/mol. The molecule has 1 unspecified atom stereocenters. The minimum atomic E-state index is 0.752. The van der Waals surface area contributed by atoms with Crippen LogP contribution >= 0.6 is 0 Å². The summed E-state index contributed by atoms with van der Waals surface area (Å²) in [6, 6.07) is 4.26. The van der Waals surface area contributed by atoms with E-state index in [-0.39, 0.29) is 0 Å². The maximum absolute atomic E-state index is 5.63. The predicted molar refractivity (Wildman–Crippen MR) is 67.6 cm³/mol. The number of aromatic nitrogens is 1.